The van der Waals surface area contributed by atoms with Gasteiger partial charge in [0.2, 0.25) is 5.91 Å². The summed E-state index contributed by atoms with van der Waals surface area (Å²) in [5.41, 5.74) is 1.85. The molecule has 1 atom stereocenters. The first-order chi connectivity index (χ1) is 15.6. The van der Waals surface area contributed by atoms with Crippen molar-refractivity contribution in [1.82, 2.24) is 25.1 Å². The molecule has 164 valence electrons. The number of H-pyrrole nitrogens is 1. The van der Waals surface area contributed by atoms with Gasteiger partial charge in [-0.15, -0.1) is 0 Å². The highest BCUT2D eigenvalue weighted by atomic mass is 16.5. The minimum Gasteiger partial charge on any atom is -0.497 e. The number of fused-ring (bicyclic) bond motifs is 1. The molecular formula is C23H24N6O3. The predicted octanol–water partition coefficient (Wildman–Crippen LogP) is 2.36. The number of nitrogens with zero attached hydrogens (tertiary/aromatic N) is 4. The minimum atomic E-state index is -0.0621. The summed E-state index contributed by atoms with van der Waals surface area (Å²) in [6.45, 7) is 4.89. The number of benzene rings is 1. The summed E-state index contributed by atoms with van der Waals surface area (Å²) in [6.07, 6.45) is 4.65. The van der Waals surface area contributed by atoms with E-state index in [4.69, 9.17) is 9.47 Å². The molecule has 0 spiro atoms. The van der Waals surface area contributed by atoms with E-state index in [2.05, 4.69) is 43.9 Å². The summed E-state index contributed by atoms with van der Waals surface area (Å²) in [4.78, 5) is 22.5. The highest BCUT2D eigenvalue weighted by Crippen LogP contribution is 2.25. The Morgan fingerprint density at radius 2 is 2.03 bits per heavy atom. The number of hydrogen-bond donors (Lipinski definition) is 2. The molecule has 3 heterocycles. The van der Waals surface area contributed by atoms with Gasteiger partial charge in [-0.05, 0) is 37.0 Å². The molecule has 1 amide bonds. The Morgan fingerprint density at radius 3 is 2.75 bits per heavy atom. The molecule has 1 aliphatic heterocycles. The molecule has 2 N–H and O–H groups in total. The normalized spacial score (nSPS) is 15.6. The number of nitrogens with one attached hydrogen (secondary N) is 2. The lowest BCUT2D eigenvalue weighted by molar-refractivity contribution is -0.127. The number of aromatic nitrogens is 4. The van der Waals surface area contributed by atoms with Crippen LogP contribution in [0.5, 0.6) is 11.5 Å². The fourth-order valence-corrected chi connectivity index (χ4v) is 3.69. The third-order valence-electron chi connectivity index (χ3n) is 5.28. The van der Waals surface area contributed by atoms with E-state index in [0.717, 1.165) is 24.9 Å². The minimum absolute atomic E-state index is 0.0594. The number of carbonyl (C=O) groups excluding carboxylic acids is 1. The number of methoxy groups -OCH3 is 2. The zero-order valence-corrected chi connectivity index (χ0v) is 18.0. The molecule has 4 rings (SSSR count). The summed E-state index contributed by atoms with van der Waals surface area (Å²) in [5, 5.41) is 11.4. The molecule has 0 radical (unpaired) electrons. The number of ether oxygens (including phenoxy) is 2. The highest BCUT2D eigenvalue weighted by Gasteiger charge is 2.23. The first-order valence-electron chi connectivity index (χ1n) is 10.2. The van der Waals surface area contributed by atoms with Gasteiger partial charge in [0, 0.05) is 30.8 Å². The molecule has 9 nitrogen and oxygen atoms in total. The first kappa shape index (κ1) is 21.2. The van der Waals surface area contributed by atoms with Crippen LogP contribution in [0.1, 0.15) is 24.1 Å². The van der Waals surface area contributed by atoms with Crippen molar-refractivity contribution >= 4 is 22.8 Å². The van der Waals surface area contributed by atoms with E-state index in [9.17, 15) is 4.79 Å². The zero-order chi connectivity index (χ0) is 22.5. The van der Waals surface area contributed by atoms with Gasteiger partial charge in [0.25, 0.3) is 0 Å². The Hall–Kier alpha value is -4.06. The van der Waals surface area contributed by atoms with Gasteiger partial charge in [-0.3, -0.25) is 9.89 Å². The van der Waals surface area contributed by atoms with Crippen LogP contribution in [0.15, 0.2) is 37.2 Å². The Bertz CT molecular complexity index is 1190. The van der Waals surface area contributed by atoms with Crippen molar-refractivity contribution in [3.05, 3.63) is 48.4 Å². The van der Waals surface area contributed by atoms with Gasteiger partial charge in [-0.1, -0.05) is 12.5 Å². The van der Waals surface area contributed by atoms with Crippen molar-refractivity contribution in [3.63, 3.8) is 0 Å². The fraction of sp³-hybridized carbons (Fsp3) is 0.304. The van der Waals surface area contributed by atoms with E-state index in [-0.39, 0.29) is 11.9 Å². The van der Waals surface area contributed by atoms with Crippen LogP contribution >= 0.6 is 0 Å². The zero-order valence-electron chi connectivity index (χ0n) is 18.0. The number of aromatic amines is 1. The maximum Gasteiger partial charge on any atom is 0.246 e. The Kier molecular flexibility index (Phi) is 6.22. The Morgan fingerprint density at radius 1 is 1.25 bits per heavy atom. The van der Waals surface area contributed by atoms with E-state index < -0.39 is 0 Å². The number of rotatable bonds is 5. The molecule has 0 unspecified atom stereocenters. The number of piperidine rings is 1. The van der Waals surface area contributed by atoms with E-state index >= 15 is 0 Å². The Balaban J connectivity index is 1.63. The van der Waals surface area contributed by atoms with Gasteiger partial charge in [0.1, 0.15) is 29.3 Å². The first-order valence-corrected chi connectivity index (χ1v) is 10.2. The Labute approximate surface area is 185 Å². The molecule has 1 aliphatic rings. The number of amides is 1. The van der Waals surface area contributed by atoms with Crippen LogP contribution in [0.3, 0.4) is 0 Å². The lowest BCUT2D eigenvalue weighted by Crippen LogP contribution is -2.44. The van der Waals surface area contributed by atoms with Crippen LogP contribution in [-0.2, 0) is 4.79 Å². The molecule has 2 aromatic heterocycles. The third kappa shape index (κ3) is 4.49. The van der Waals surface area contributed by atoms with Crippen molar-refractivity contribution in [2.75, 3.05) is 32.6 Å². The third-order valence-corrected chi connectivity index (χ3v) is 5.28. The molecule has 0 saturated carbocycles. The monoisotopic (exact) mass is 432 g/mol. The fourth-order valence-electron chi connectivity index (χ4n) is 3.69. The van der Waals surface area contributed by atoms with Crippen molar-refractivity contribution in [2.24, 2.45) is 0 Å². The molecule has 9 heteroatoms. The van der Waals surface area contributed by atoms with E-state index in [0.29, 0.717) is 40.6 Å². The van der Waals surface area contributed by atoms with Crippen LogP contribution in [0, 0.1) is 11.8 Å². The van der Waals surface area contributed by atoms with Gasteiger partial charge in [-0.25, -0.2) is 9.97 Å². The van der Waals surface area contributed by atoms with Crippen molar-refractivity contribution in [3.8, 4) is 23.3 Å². The molecule has 0 bridgehead atoms. The van der Waals surface area contributed by atoms with Crippen LogP contribution in [-0.4, -0.2) is 64.3 Å². The topological polar surface area (TPSA) is 105 Å². The van der Waals surface area contributed by atoms with Crippen LogP contribution in [0.25, 0.3) is 11.0 Å². The summed E-state index contributed by atoms with van der Waals surface area (Å²) >= 11 is 0. The van der Waals surface area contributed by atoms with Crippen LogP contribution < -0.4 is 14.8 Å². The number of anilines is 1. The summed E-state index contributed by atoms with van der Waals surface area (Å²) < 4.78 is 10.6. The molecule has 1 fully saturated rings. The predicted molar refractivity (Wildman–Crippen MR) is 121 cm³/mol. The highest BCUT2D eigenvalue weighted by molar-refractivity contribution is 5.91. The molecule has 1 saturated heterocycles. The molecule has 1 aromatic carbocycles. The lowest BCUT2D eigenvalue weighted by atomic mass is 10.1. The number of hydrogen-bond acceptors (Lipinski definition) is 7. The average molecular weight is 432 g/mol. The maximum atomic E-state index is 12.0. The van der Waals surface area contributed by atoms with E-state index in [1.54, 1.807) is 25.2 Å². The molecular weight excluding hydrogens is 408 g/mol. The van der Waals surface area contributed by atoms with Crippen molar-refractivity contribution < 1.29 is 14.3 Å². The van der Waals surface area contributed by atoms with Gasteiger partial charge in [0.05, 0.1) is 19.6 Å². The van der Waals surface area contributed by atoms with Gasteiger partial charge in [0.15, 0.2) is 5.65 Å². The van der Waals surface area contributed by atoms with Gasteiger partial charge < -0.3 is 19.7 Å². The molecule has 0 aliphatic carbocycles. The van der Waals surface area contributed by atoms with Crippen LogP contribution in [0.2, 0.25) is 0 Å². The standard InChI is InChI=1S/C23H24N6O3/c1-4-20(30)29-9-5-6-16(13-29)26-22-21-19(27-28-23(21)25-14-24-22)8-7-15-10-17(31-2)12-18(11-15)32-3/h4,10-12,14,16H,1,5-6,9,13H2,2-3H3,(H2,24,25,26,27,28)/t16-/m0/s1. The molecule has 3 aromatic rings. The average Bonchev–Trinajstić information content (AvgIpc) is 3.26. The SMILES string of the molecule is C=CC(=O)N1CCC[C@H](Nc2ncnc3[nH]nc(C#Cc4cc(OC)cc(OC)c4)c23)C1. The summed E-state index contributed by atoms with van der Waals surface area (Å²) in [7, 11) is 3.19. The summed E-state index contributed by atoms with van der Waals surface area (Å²) in [6, 6.07) is 5.50. The second-order valence-corrected chi connectivity index (χ2v) is 7.34. The number of likely N-dealkylation sites (tertiary alicyclic amines) is 1. The van der Waals surface area contributed by atoms with E-state index in [1.807, 2.05) is 12.1 Å². The van der Waals surface area contributed by atoms with E-state index in [1.165, 1.54) is 12.4 Å². The van der Waals surface area contributed by atoms with Gasteiger partial charge >= 0.3 is 0 Å². The van der Waals surface area contributed by atoms with Crippen LogP contribution in [0.4, 0.5) is 5.82 Å². The second-order valence-electron chi connectivity index (χ2n) is 7.34. The van der Waals surface area contributed by atoms with Gasteiger partial charge in [-0.2, -0.15) is 5.10 Å². The quantitative estimate of drug-likeness (QED) is 0.471. The summed E-state index contributed by atoms with van der Waals surface area (Å²) in [5.74, 6) is 8.09. The second kappa shape index (κ2) is 9.39. The maximum absolute atomic E-state index is 12.0. The molecule has 32 heavy (non-hydrogen) atoms. The largest absolute Gasteiger partial charge is 0.497 e. The smallest absolute Gasteiger partial charge is 0.246 e. The number of carbonyl (C=O) groups is 1. The van der Waals surface area contributed by atoms with Crippen molar-refractivity contribution in [1.29, 1.82) is 0 Å². The lowest BCUT2D eigenvalue weighted by Gasteiger charge is -2.32. The van der Waals surface area contributed by atoms with Crippen molar-refractivity contribution in [2.45, 2.75) is 18.9 Å².